The van der Waals surface area contributed by atoms with E-state index in [9.17, 15) is 5.11 Å². The molecule has 4 nitrogen and oxygen atoms in total. The van der Waals surface area contributed by atoms with Gasteiger partial charge in [-0.25, -0.2) is 0 Å². The molecule has 0 amide bonds. The largest absolute Gasteiger partial charge is 0.395 e. The molecule has 2 N–H and O–H groups in total. The molecule has 1 aliphatic rings. The minimum atomic E-state index is 0.183. The van der Waals surface area contributed by atoms with Crippen LogP contribution in [0.1, 0.15) is 29.5 Å². The van der Waals surface area contributed by atoms with Crippen LogP contribution in [0.4, 0.5) is 0 Å². The maximum absolute atomic E-state index is 9.23. The third kappa shape index (κ3) is 4.04. The Morgan fingerprint density at radius 3 is 2.95 bits per heavy atom. The summed E-state index contributed by atoms with van der Waals surface area (Å²) in [6.45, 7) is 5.82. The Hall–Kier alpha value is -1.41. The molecule has 4 heteroatoms. The highest BCUT2D eigenvalue weighted by Crippen LogP contribution is 2.15. The molecule has 0 aliphatic carbocycles. The third-order valence-corrected chi connectivity index (χ3v) is 3.92. The molecule has 0 bridgehead atoms. The lowest BCUT2D eigenvalue weighted by atomic mass is 10.0. The van der Waals surface area contributed by atoms with E-state index in [0.717, 1.165) is 25.2 Å². The van der Waals surface area contributed by atoms with Gasteiger partial charge in [0, 0.05) is 25.7 Å². The lowest BCUT2D eigenvalue weighted by Gasteiger charge is -2.25. The van der Waals surface area contributed by atoms with Crippen LogP contribution in [-0.4, -0.2) is 42.3 Å². The van der Waals surface area contributed by atoms with Gasteiger partial charge in [-0.3, -0.25) is 4.90 Å². The molecule has 1 aromatic rings. The molecule has 20 heavy (non-hydrogen) atoms. The van der Waals surface area contributed by atoms with Crippen LogP contribution >= 0.6 is 0 Å². The zero-order valence-electron chi connectivity index (χ0n) is 12.1. The topological polar surface area (TPSA) is 59.3 Å². The van der Waals surface area contributed by atoms with E-state index in [4.69, 9.17) is 5.26 Å². The summed E-state index contributed by atoms with van der Waals surface area (Å²) in [5.74, 6) is 0. The summed E-state index contributed by atoms with van der Waals surface area (Å²) in [5.41, 5.74) is 3.08. The summed E-state index contributed by atoms with van der Waals surface area (Å²) in [4.78, 5) is 2.29. The number of aliphatic hydroxyl groups excluding tert-OH is 1. The van der Waals surface area contributed by atoms with Crippen LogP contribution in [0, 0.1) is 18.3 Å². The first kappa shape index (κ1) is 15.0. The molecule has 1 atom stereocenters. The Morgan fingerprint density at radius 1 is 1.50 bits per heavy atom. The molecule has 0 radical (unpaired) electrons. The molecule has 1 aliphatic heterocycles. The van der Waals surface area contributed by atoms with E-state index in [1.807, 2.05) is 25.1 Å². The lowest BCUT2D eigenvalue weighted by Crippen LogP contribution is -2.38. The maximum Gasteiger partial charge on any atom is 0.0991 e. The Morgan fingerprint density at radius 2 is 2.35 bits per heavy atom. The van der Waals surface area contributed by atoms with Crippen molar-refractivity contribution in [2.45, 2.75) is 32.4 Å². The highest BCUT2D eigenvalue weighted by molar-refractivity contribution is 5.37. The highest BCUT2D eigenvalue weighted by atomic mass is 16.3. The van der Waals surface area contributed by atoms with Crippen LogP contribution in [0.5, 0.6) is 0 Å². The summed E-state index contributed by atoms with van der Waals surface area (Å²) in [7, 11) is 0. The minimum Gasteiger partial charge on any atom is -0.395 e. The molecule has 0 spiro atoms. The van der Waals surface area contributed by atoms with Crippen molar-refractivity contribution in [1.82, 2.24) is 10.2 Å². The van der Waals surface area contributed by atoms with Crippen molar-refractivity contribution in [3.05, 3.63) is 34.9 Å². The van der Waals surface area contributed by atoms with Gasteiger partial charge in [-0.05, 0) is 49.6 Å². The molecule has 1 fully saturated rings. The minimum absolute atomic E-state index is 0.183. The van der Waals surface area contributed by atoms with Crippen LogP contribution in [0.2, 0.25) is 0 Å². The van der Waals surface area contributed by atoms with Crippen LogP contribution in [0.15, 0.2) is 18.2 Å². The van der Waals surface area contributed by atoms with Crippen LogP contribution in [0.25, 0.3) is 0 Å². The Labute approximate surface area is 121 Å². The first-order valence-electron chi connectivity index (χ1n) is 7.29. The first-order valence-corrected chi connectivity index (χ1v) is 7.29. The maximum atomic E-state index is 9.23. The van der Waals surface area contributed by atoms with Crippen LogP contribution in [0.3, 0.4) is 0 Å². The Kier molecular flexibility index (Phi) is 5.54. The van der Waals surface area contributed by atoms with Gasteiger partial charge in [0.15, 0.2) is 0 Å². The van der Waals surface area contributed by atoms with Crippen molar-refractivity contribution < 1.29 is 5.11 Å². The van der Waals surface area contributed by atoms with E-state index in [0.29, 0.717) is 18.2 Å². The summed E-state index contributed by atoms with van der Waals surface area (Å²) in [6, 6.07) is 8.54. The fourth-order valence-electron chi connectivity index (χ4n) is 2.78. The van der Waals surface area contributed by atoms with Crippen molar-refractivity contribution in [2.24, 2.45) is 0 Å². The predicted octanol–water partition coefficient (Wildman–Crippen LogP) is 1.41. The number of aliphatic hydroxyl groups is 1. The second-order valence-electron chi connectivity index (χ2n) is 5.51. The molecular formula is C16H23N3O. The smallest absolute Gasteiger partial charge is 0.0991 e. The van der Waals surface area contributed by atoms with Gasteiger partial charge in [-0.2, -0.15) is 5.26 Å². The summed E-state index contributed by atoms with van der Waals surface area (Å²) in [6.07, 6.45) is 2.46. The SMILES string of the molecule is Cc1cc(C#N)ccc1CN(CCO)CC1CCCN1. The van der Waals surface area contributed by atoms with Crippen molar-refractivity contribution in [3.8, 4) is 6.07 Å². The average Bonchev–Trinajstić information content (AvgIpc) is 2.94. The highest BCUT2D eigenvalue weighted by Gasteiger charge is 2.18. The third-order valence-electron chi connectivity index (χ3n) is 3.92. The van der Waals surface area contributed by atoms with Gasteiger partial charge < -0.3 is 10.4 Å². The van der Waals surface area contributed by atoms with Gasteiger partial charge in [0.05, 0.1) is 18.2 Å². The Bertz CT molecular complexity index is 475. The molecule has 1 aromatic carbocycles. The number of nitriles is 1. The molecule has 1 saturated heterocycles. The summed E-state index contributed by atoms with van der Waals surface area (Å²) < 4.78 is 0. The summed E-state index contributed by atoms with van der Waals surface area (Å²) >= 11 is 0. The van der Waals surface area contributed by atoms with Crippen molar-refractivity contribution in [2.75, 3.05) is 26.2 Å². The number of rotatable bonds is 6. The van der Waals surface area contributed by atoms with E-state index in [2.05, 4.69) is 16.3 Å². The van der Waals surface area contributed by atoms with E-state index in [1.54, 1.807) is 0 Å². The van der Waals surface area contributed by atoms with Gasteiger partial charge in [-0.15, -0.1) is 0 Å². The predicted molar refractivity (Wildman–Crippen MR) is 79.3 cm³/mol. The van der Waals surface area contributed by atoms with Gasteiger partial charge in [0.25, 0.3) is 0 Å². The lowest BCUT2D eigenvalue weighted by molar-refractivity contribution is 0.179. The zero-order chi connectivity index (χ0) is 14.4. The molecule has 1 unspecified atom stereocenters. The Balaban J connectivity index is 2.01. The standard InChI is InChI=1S/C16H23N3O/c1-13-9-14(10-17)4-5-15(13)11-19(7-8-20)12-16-3-2-6-18-16/h4-5,9,16,18,20H,2-3,6-8,11-12H2,1H3. The number of nitrogens with one attached hydrogen (secondary N) is 1. The van der Waals surface area contributed by atoms with Crippen molar-refractivity contribution in [1.29, 1.82) is 5.26 Å². The number of hydrogen-bond acceptors (Lipinski definition) is 4. The van der Waals surface area contributed by atoms with E-state index >= 15 is 0 Å². The second-order valence-corrected chi connectivity index (χ2v) is 5.51. The number of benzene rings is 1. The van der Waals surface area contributed by atoms with Gasteiger partial charge >= 0.3 is 0 Å². The van der Waals surface area contributed by atoms with Gasteiger partial charge in [0.2, 0.25) is 0 Å². The molecular weight excluding hydrogens is 250 g/mol. The quantitative estimate of drug-likeness (QED) is 0.823. The molecule has 108 valence electrons. The zero-order valence-corrected chi connectivity index (χ0v) is 12.1. The average molecular weight is 273 g/mol. The monoisotopic (exact) mass is 273 g/mol. The molecule has 0 aromatic heterocycles. The molecule has 0 saturated carbocycles. The first-order chi connectivity index (χ1) is 9.72. The molecule has 2 rings (SSSR count). The number of nitrogens with zero attached hydrogens (tertiary/aromatic N) is 2. The van der Waals surface area contributed by atoms with E-state index < -0.39 is 0 Å². The normalized spacial score (nSPS) is 18.4. The van der Waals surface area contributed by atoms with E-state index in [1.165, 1.54) is 18.4 Å². The fourth-order valence-corrected chi connectivity index (χ4v) is 2.78. The summed E-state index contributed by atoms with van der Waals surface area (Å²) in [5, 5.41) is 21.6. The van der Waals surface area contributed by atoms with Crippen molar-refractivity contribution >= 4 is 0 Å². The number of hydrogen-bond donors (Lipinski definition) is 2. The van der Waals surface area contributed by atoms with Crippen molar-refractivity contribution in [3.63, 3.8) is 0 Å². The van der Waals surface area contributed by atoms with Gasteiger partial charge in [0.1, 0.15) is 0 Å². The molecule has 1 heterocycles. The van der Waals surface area contributed by atoms with Crippen LogP contribution in [-0.2, 0) is 6.54 Å². The fraction of sp³-hybridized carbons (Fsp3) is 0.562. The number of aryl methyl sites for hydroxylation is 1. The second kappa shape index (κ2) is 7.39. The van der Waals surface area contributed by atoms with Crippen LogP contribution < -0.4 is 5.32 Å². The van der Waals surface area contributed by atoms with E-state index in [-0.39, 0.29) is 6.61 Å². The van der Waals surface area contributed by atoms with Gasteiger partial charge in [-0.1, -0.05) is 6.07 Å².